The zero-order valence-corrected chi connectivity index (χ0v) is 21.9. The van der Waals surface area contributed by atoms with Crippen LogP contribution in [0.5, 0.6) is 0 Å². The number of pyridine rings is 1. The van der Waals surface area contributed by atoms with E-state index < -0.39 is 24.6 Å². The highest BCUT2D eigenvalue weighted by atomic mass is 32.2. The molecule has 1 aliphatic rings. The minimum atomic E-state index is -1.09. The number of nitrogens with zero attached hydrogens (tertiary/aromatic N) is 1. The molecule has 3 unspecified atom stereocenters. The van der Waals surface area contributed by atoms with E-state index in [0.29, 0.717) is 18.6 Å². The molecule has 0 saturated carbocycles. The van der Waals surface area contributed by atoms with E-state index in [1.165, 1.54) is 11.9 Å². The van der Waals surface area contributed by atoms with Crippen LogP contribution in [-0.2, 0) is 21.8 Å². The minimum Gasteiger partial charge on any atom is -0.394 e. The number of aliphatic hydroxyl groups is 1. The molecule has 0 spiro atoms. The maximum absolute atomic E-state index is 13.2. The molecule has 2 aromatic rings. The molecule has 7 N–H and O–H groups in total. The predicted octanol–water partition coefficient (Wildman–Crippen LogP) is 2.02. The average molecular weight is 535 g/mol. The number of aliphatic hydroxyl groups excluding tert-OH is 1. The van der Waals surface area contributed by atoms with Crippen molar-refractivity contribution < 1.29 is 14.7 Å². The van der Waals surface area contributed by atoms with Crippen molar-refractivity contribution in [3.63, 3.8) is 0 Å². The van der Waals surface area contributed by atoms with E-state index in [4.69, 9.17) is 11.1 Å². The van der Waals surface area contributed by atoms with Crippen molar-refractivity contribution in [1.29, 1.82) is 5.41 Å². The molecular formula is C28H34N6O3S. The number of amides is 2. The first-order valence-electron chi connectivity index (χ1n) is 12.3. The number of carbonyl (C=O) groups excluding carboxylic acids is 2. The molecule has 0 saturated heterocycles. The summed E-state index contributed by atoms with van der Waals surface area (Å²) < 4.78 is 3.23. The van der Waals surface area contributed by atoms with Gasteiger partial charge < -0.3 is 21.5 Å². The van der Waals surface area contributed by atoms with Crippen molar-refractivity contribution in [3.8, 4) is 0 Å². The highest BCUT2D eigenvalue weighted by Gasteiger charge is 2.25. The Labute approximate surface area is 227 Å². The Hall–Kier alpha value is -3.73. The number of aryl methyl sites for hydroxylation is 1. The number of hydrogen-bond donors (Lipinski definition) is 6. The van der Waals surface area contributed by atoms with E-state index in [1.807, 2.05) is 48.5 Å². The first-order chi connectivity index (χ1) is 18.5. The largest absolute Gasteiger partial charge is 0.394 e. The summed E-state index contributed by atoms with van der Waals surface area (Å²) in [6, 6.07) is 12.0. The van der Waals surface area contributed by atoms with Crippen LogP contribution in [0, 0.1) is 11.3 Å². The lowest BCUT2D eigenvalue weighted by molar-refractivity contribution is -0.130. The van der Waals surface area contributed by atoms with Crippen molar-refractivity contribution in [3.05, 3.63) is 102 Å². The van der Waals surface area contributed by atoms with Gasteiger partial charge in [-0.05, 0) is 41.7 Å². The zero-order valence-electron chi connectivity index (χ0n) is 21.0. The summed E-state index contributed by atoms with van der Waals surface area (Å²) in [6.45, 7) is -0.331. The van der Waals surface area contributed by atoms with Crippen LogP contribution < -0.4 is 21.1 Å². The summed E-state index contributed by atoms with van der Waals surface area (Å²) in [7, 11) is 0. The Bertz CT molecular complexity index is 1150. The summed E-state index contributed by atoms with van der Waals surface area (Å²) >= 11 is 1.41. The van der Waals surface area contributed by atoms with Gasteiger partial charge >= 0.3 is 0 Å². The molecule has 1 aromatic carbocycles. The second kappa shape index (κ2) is 15.5. The van der Waals surface area contributed by atoms with Crippen LogP contribution in [0.3, 0.4) is 0 Å². The molecule has 200 valence electrons. The minimum absolute atomic E-state index is 0.0358. The molecule has 0 radical (unpaired) electrons. The summed E-state index contributed by atoms with van der Waals surface area (Å²) in [4.78, 5) is 30.0. The number of nitrogens with one attached hydrogen (secondary N) is 4. The van der Waals surface area contributed by atoms with E-state index in [9.17, 15) is 14.7 Å². The van der Waals surface area contributed by atoms with E-state index in [0.717, 1.165) is 16.7 Å². The molecule has 1 aliphatic carbocycles. The first kappa shape index (κ1) is 28.8. The van der Waals surface area contributed by atoms with E-state index in [2.05, 4.69) is 20.3 Å². The number of rotatable bonds is 14. The Morgan fingerprint density at radius 2 is 1.82 bits per heavy atom. The number of carbonyl (C=O) groups is 2. The van der Waals surface area contributed by atoms with Crippen LogP contribution in [-0.4, -0.2) is 53.0 Å². The van der Waals surface area contributed by atoms with Gasteiger partial charge in [0.15, 0.2) is 0 Å². The van der Waals surface area contributed by atoms with E-state index >= 15 is 0 Å². The van der Waals surface area contributed by atoms with Crippen LogP contribution >= 0.6 is 11.9 Å². The van der Waals surface area contributed by atoms with Gasteiger partial charge in [0, 0.05) is 24.7 Å². The zero-order chi connectivity index (χ0) is 27.2. The van der Waals surface area contributed by atoms with E-state index in [-0.39, 0.29) is 24.2 Å². The van der Waals surface area contributed by atoms with Crippen molar-refractivity contribution in [2.75, 3.05) is 13.2 Å². The molecule has 1 aromatic heterocycles. The van der Waals surface area contributed by atoms with Gasteiger partial charge in [0.25, 0.3) is 0 Å². The normalized spacial score (nSPS) is 16.1. The molecule has 3 rings (SSSR count). The molecule has 38 heavy (non-hydrogen) atoms. The van der Waals surface area contributed by atoms with Gasteiger partial charge in [0.2, 0.25) is 11.8 Å². The van der Waals surface area contributed by atoms with Gasteiger partial charge in [-0.15, -0.1) is 0 Å². The van der Waals surface area contributed by atoms with Crippen molar-refractivity contribution in [1.82, 2.24) is 20.3 Å². The predicted molar refractivity (Wildman–Crippen MR) is 151 cm³/mol. The third kappa shape index (κ3) is 9.62. The van der Waals surface area contributed by atoms with Crippen LogP contribution in [0.4, 0.5) is 0 Å². The molecule has 0 bridgehead atoms. The average Bonchev–Trinajstić information content (AvgIpc) is 3.19. The number of hydrogen-bond acceptors (Lipinski definition) is 7. The standard InChI is InChI=1S/C28H34N6O3S/c29-26(30)23-8-4-7-21(9-11-23)17-32-27(36)25(18-35)33-28(37)24(12-10-20-5-2-1-3-6-20)34-38-19-22-13-15-31-16-14-22/h1-9,11,13-16,23-25,34-35H,10,12,17-19H2,(H3,29,30)(H,32,36)(H,33,37). The summed E-state index contributed by atoms with van der Waals surface area (Å²) in [5, 5.41) is 22.9. The fraction of sp³-hybridized carbons (Fsp3) is 0.286. The first-order valence-corrected chi connectivity index (χ1v) is 13.3. The van der Waals surface area contributed by atoms with Crippen molar-refractivity contribution in [2.24, 2.45) is 11.7 Å². The lowest BCUT2D eigenvalue weighted by atomic mass is 10.0. The summed E-state index contributed by atoms with van der Waals surface area (Å²) in [5.74, 6) is -0.464. The van der Waals surface area contributed by atoms with Gasteiger partial charge in [-0.25, -0.2) is 0 Å². The number of nitrogens with two attached hydrogens (primary N) is 1. The Morgan fingerprint density at radius 1 is 1.05 bits per heavy atom. The number of amidine groups is 1. The van der Waals surface area contributed by atoms with Crippen LogP contribution in [0.15, 0.2) is 90.8 Å². The van der Waals surface area contributed by atoms with Gasteiger partial charge in [-0.1, -0.05) is 72.7 Å². The Kier molecular flexibility index (Phi) is 11.8. The SMILES string of the molecule is N=C(N)C1C=CC=C(CNC(=O)C(CO)NC(=O)C(CCc2ccccc2)NSCc2ccncc2)C=C1. The van der Waals surface area contributed by atoms with Gasteiger partial charge in [-0.2, -0.15) is 0 Å². The summed E-state index contributed by atoms with van der Waals surface area (Å²) in [6.07, 6.45) is 13.6. The number of aromatic nitrogens is 1. The highest BCUT2D eigenvalue weighted by Crippen LogP contribution is 2.13. The monoisotopic (exact) mass is 534 g/mol. The van der Waals surface area contributed by atoms with Gasteiger partial charge in [0.05, 0.1) is 18.6 Å². The van der Waals surface area contributed by atoms with Gasteiger partial charge in [-0.3, -0.25) is 24.7 Å². The molecular weight excluding hydrogens is 500 g/mol. The molecule has 0 aliphatic heterocycles. The topological polar surface area (TPSA) is 153 Å². The second-order valence-corrected chi connectivity index (χ2v) is 9.58. The third-order valence-electron chi connectivity index (χ3n) is 5.88. The molecule has 9 nitrogen and oxygen atoms in total. The smallest absolute Gasteiger partial charge is 0.245 e. The number of allylic oxidation sites excluding steroid dienone is 2. The molecule has 10 heteroatoms. The molecule has 0 fully saturated rings. The van der Waals surface area contributed by atoms with Crippen LogP contribution in [0.25, 0.3) is 0 Å². The maximum atomic E-state index is 13.2. The van der Waals surface area contributed by atoms with Gasteiger partial charge in [0.1, 0.15) is 11.9 Å². The quantitative estimate of drug-likeness (QED) is 0.123. The lowest BCUT2D eigenvalue weighted by Gasteiger charge is -2.22. The van der Waals surface area contributed by atoms with Crippen molar-refractivity contribution in [2.45, 2.75) is 30.7 Å². The fourth-order valence-corrected chi connectivity index (χ4v) is 4.52. The molecule has 2 amide bonds. The maximum Gasteiger partial charge on any atom is 0.245 e. The second-order valence-electron chi connectivity index (χ2n) is 8.77. The highest BCUT2D eigenvalue weighted by molar-refractivity contribution is 7.96. The van der Waals surface area contributed by atoms with Crippen molar-refractivity contribution >= 4 is 29.6 Å². The third-order valence-corrected chi connectivity index (χ3v) is 6.81. The molecule has 1 heterocycles. The Balaban J connectivity index is 1.56. The lowest BCUT2D eigenvalue weighted by Crippen LogP contribution is -2.53. The van der Waals surface area contributed by atoms with Crippen LogP contribution in [0.1, 0.15) is 17.5 Å². The number of benzene rings is 1. The molecule has 3 atom stereocenters. The Morgan fingerprint density at radius 3 is 2.53 bits per heavy atom. The summed E-state index contributed by atoms with van der Waals surface area (Å²) in [5.41, 5.74) is 8.53. The van der Waals surface area contributed by atoms with E-state index in [1.54, 1.807) is 36.7 Å². The fourth-order valence-electron chi connectivity index (χ4n) is 3.65. The van der Waals surface area contributed by atoms with Crippen LogP contribution in [0.2, 0.25) is 0 Å².